The molecular formula is C14H21N5O2. The maximum Gasteiger partial charge on any atom is 0.316 e. The van der Waals surface area contributed by atoms with Crippen molar-refractivity contribution in [1.82, 2.24) is 4.90 Å². The van der Waals surface area contributed by atoms with Crippen LogP contribution >= 0.6 is 0 Å². The van der Waals surface area contributed by atoms with Gasteiger partial charge in [-0.15, -0.1) is 0 Å². The smallest absolute Gasteiger partial charge is 0.316 e. The number of nitrogen functional groups attached to an aromatic ring is 1. The fraction of sp³-hybridized carbons (Fsp3) is 0.571. The number of nitrogens with two attached hydrogens (primary N) is 1. The highest BCUT2D eigenvalue weighted by molar-refractivity contribution is 5.77. The molecule has 7 nitrogen and oxygen atoms in total. The lowest BCUT2D eigenvalue weighted by molar-refractivity contribution is -0.383. The van der Waals surface area contributed by atoms with Crippen LogP contribution in [0.3, 0.4) is 0 Å². The minimum atomic E-state index is -0.349. The van der Waals surface area contributed by atoms with Crippen LogP contribution in [0.15, 0.2) is 18.2 Å². The number of anilines is 2. The van der Waals surface area contributed by atoms with Crippen LogP contribution in [0.4, 0.5) is 17.1 Å². The predicted molar refractivity (Wildman–Crippen MR) is 82.3 cm³/mol. The molecule has 1 aromatic rings. The number of fused-ring (bicyclic) bond motifs is 1. The Morgan fingerprint density at radius 3 is 2.95 bits per heavy atom. The second kappa shape index (κ2) is 5.50. The third-order valence-electron chi connectivity index (χ3n) is 4.60. The summed E-state index contributed by atoms with van der Waals surface area (Å²) in [5.74, 6) is 5.43. The lowest BCUT2D eigenvalue weighted by Gasteiger charge is -2.43. The Hall–Kier alpha value is -1.86. The third kappa shape index (κ3) is 2.43. The Kier molecular flexibility index (Phi) is 3.69. The first-order chi connectivity index (χ1) is 10.1. The lowest BCUT2D eigenvalue weighted by Crippen LogP contribution is -2.55. The molecule has 1 aromatic carbocycles. The maximum atomic E-state index is 11.5. The van der Waals surface area contributed by atoms with Crippen LogP contribution < -0.4 is 16.2 Å². The van der Waals surface area contributed by atoms with Crippen molar-refractivity contribution in [2.75, 3.05) is 30.0 Å². The number of nitrogens with one attached hydrogen (secondary N) is 1. The number of piperazine rings is 1. The second-order valence-electron chi connectivity index (χ2n) is 5.87. The van der Waals surface area contributed by atoms with Crippen molar-refractivity contribution in [3.05, 3.63) is 28.3 Å². The van der Waals surface area contributed by atoms with Crippen LogP contribution in [0.25, 0.3) is 0 Å². The molecule has 7 heteroatoms. The summed E-state index contributed by atoms with van der Waals surface area (Å²) in [7, 11) is 0. The highest BCUT2D eigenvalue weighted by atomic mass is 16.6. The van der Waals surface area contributed by atoms with E-state index >= 15 is 0 Å². The SMILES string of the molecule is CC1CN2CCCC2CN1c1cccc(NN)c1[N+](=O)[O-]. The predicted octanol–water partition coefficient (Wildman–Crippen LogP) is 1.55. The molecule has 21 heavy (non-hydrogen) atoms. The molecule has 2 atom stereocenters. The van der Waals surface area contributed by atoms with Gasteiger partial charge in [0.1, 0.15) is 11.4 Å². The summed E-state index contributed by atoms with van der Waals surface area (Å²) in [6, 6.07) is 6.03. The van der Waals surface area contributed by atoms with Crippen LogP contribution in [-0.4, -0.2) is 41.5 Å². The first-order valence-electron chi connectivity index (χ1n) is 7.36. The highest BCUT2D eigenvalue weighted by Gasteiger charge is 2.37. The Morgan fingerprint density at radius 2 is 2.24 bits per heavy atom. The number of nitro groups is 1. The lowest BCUT2D eigenvalue weighted by atomic mass is 10.1. The number of hydrogen-bond donors (Lipinski definition) is 2. The van der Waals surface area contributed by atoms with Crippen LogP contribution in [0.2, 0.25) is 0 Å². The number of nitro benzene ring substituents is 1. The van der Waals surface area contributed by atoms with Gasteiger partial charge in [0.05, 0.1) is 4.92 Å². The standard InChI is InChI=1S/C14H21N5O2/c1-10-8-17-7-3-4-11(17)9-18(10)13-6-2-5-12(16-15)14(13)19(20)21/h2,5-6,10-11,16H,3-4,7-9,15H2,1H3. The van der Waals surface area contributed by atoms with E-state index in [1.165, 1.54) is 12.8 Å². The number of benzene rings is 1. The molecule has 2 aliphatic heterocycles. The average molecular weight is 291 g/mol. The van der Waals surface area contributed by atoms with Gasteiger partial charge in [0.2, 0.25) is 0 Å². The maximum absolute atomic E-state index is 11.5. The number of hydrazine groups is 1. The van der Waals surface area contributed by atoms with Crippen LogP contribution in [-0.2, 0) is 0 Å². The highest BCUT2D eigenvalue weighted by Crippen LogP contribution is 2.38. The van der Waals surface area contributed by atoms with Crippen molar-refractivity contribution in [3.8, 4) is 0 Å². The van der Waals surface area contributed by atoms with E-state index in [0.29, 0.717) is 17.4 Å². The second-order valence-corrected chi connectivity index (χ2v) is 5.87. The van der Waals surface area contributed by atoms with Crippen LogP contribution in [0, 0.1) is 10.1 Å². The van der Waals surface area contributed by atoms with Crippen molar-refractivity contribution >= 4 is 17.1 Å². The van der Waals surface area contributed by atoms with E-state index in [1.54, 1.807) is 6.07 Å². The summed E-state index contributed by atoms with van der Waals surface area (Å²) in [4.78, 5) is 15.8. The third-order valence-corrected chi connectivity index (χ3v) is 4.60. The Balaban J connectivity index is 1.97. The number of hydrogen-bond acceptors (Lipinski definition) is 6. The quantitative estimate of drug-likeness (QED) is 0.499. The first kappa shape index (κ1) is 14.1. The van der Waals surface area contributed by atoms with Gasteiger partial charge in [-0.3, -0.25) is 20.9 Å². The van der Waals surface area contributed by atoms with Gasteiger partial charge in [-0.2, -0.15) is 0 Å². The summed E-state index contributed by atoms with van der Waals surface area (Å²) in [6.45, 7) is 5.08. The zero-order chi connectivity index (χ0) is 15.0. The molecule has 0 bridgehead atoms. The summed E-state index contributed by atoms with van der Waals surface area (Å²) < 4.78 is 0. The molecule has 0 saturated carbocycles. The van der Waals surface area contributed by atoms with Gasteiger partial charge in [0.25, 0.3) is 0 Å². The molecule has 0 radical (unpaired) electrons. The molecule has 114 valence electrons. The molecule has 0 amide bonds. The van der Waals surface area contributed by atoms with E-state index < -0.39 is 0 Å². The fourth-order valence-electron chi connectivity index (χ4n) is 3.59. The van der Waals surface area contributed by atoms with Gasteiger partial charge in [-0.1, -0.05) is 6.07 Å². The minimum absolute atomic E-state index is 0.0679. The van der Waals surface area contributed by atoms with Gasteiger partial charge in [-0.25, -0.2) is 0 Å². The molecule has 0 aliphatic carbocycles. The van der Waals surface area contributed by atoms with Crippen LogP contribution in [0.1, 0.15) is 19.8 Å². The fourth-order valence-corrected chi connectivity index (χ4v) is 3.59. The zero-order valence-corrected chi connectivity index (χ0v) is 12.2. The largest absolute Gasteiger partial charge is 0.360 e. The molecule has 2 aliphatic rings. The molecule has 3 N–H and O–H groups in total. The molecule has 2 heterocycles. The van der Waals surface area contributed by atoms with Gasteiger partial charge < -0.3 is 10.3 Å². The summed E-state index contributed by atoms with van der Waals surface area (Å²) in [5, 5.41) is 11.5. The van der Waals surface area contributed by atoms with Crippen molar-refractivity contribution in [2.24, 2.45) is 5.84 Å². The molecule has 2 unspecified atom stereocenters. The van der Waals surface area contributed by atoms with E-state index in [1.807, 2.05) is 12.1 Å². The number of nitrogens with zero attached hydrogens (tertiary/aromatic N) is 3. The number of para-hydroxylation sites is 1. The normalized spacial score (nSPS) is 25.7. The summed E-state index contributed by atoms with van der Waals surface area (Å²) in [6.07, 6.45) is 2.39. The average Bonchev–Trinajstić information content (AvgIpc) is 2.92. The molecule has 0 spiro atoms. The molecular weight excluding hydrogens is 270 g/mol. The van der Waals surface area contributed by atoms with E-state index in [0.717, 1.165) is 19.6 Å². The van der Waals surface area contributed by atoms with E-state index in [-0.39, 0.29) is 16.7 Å². The van der Waals surface area contributed by atoms with E-state index in [4.69, 9.17) is 5.84 Å². The molecule has 2 fully saturated rings. The van der Waals surface area contributed by atoms with Gasteiger partial charge in [0, 0.05) is 25.2 Å². The Bertz CT molecular complexity index is 550. The topological polar surface area (TPSA) is 87.7 Å². The summed E-state index contributed by atoms with van der Waals surface area (Å²) >= 11 is 0. The van der Waals surface area contributed by atoms with Gasteiger partial charge in [-0.05, 0) is 38.4 Å². The van der Waals surface area contributed by atoms with Crippen molar-refractivity contribution in [3.63, 3.8) is 0 Å². The Morgan fingerprint density at radius 1 is 1.43 bits per heavy atom. The summed E-state index contributed by atoms with van der Waals surface area (Å²) in [5.41, 5.74) is 3.53. The first-order valence-corrected chi connectivity index (χ1v) is 7.36. The number of rotatable bonds is 3. The minimum Gasteiger partial charge on any atom is -0.360 e. The van der Waals surface area contributed by atoms with Crippen LogP contribution in [0.5, 0.6) is 0 Å². The molecule has 0 aromatic heterocycles. The molecule has 3 rings (SSSR count). The monoisotopic (exact) mass is 291 g/mol. The van der Waals surface area contributed by atoms with Crippen molar-refractivity contribution in [1.29, 1.82) is 0 Å². The van der Waals surface area contributed by atoms with Crippen molar-refractivity contribution < 1.29 is 4.92 Å². The molecule has 2 saturated heterocycles. The Labute approximate surface area is 123 Å². The zero-order valence-electron chi connectivity index (χ0n) is 12.2. The van der Waals surface area contributed by atoms with E-state index in [2.05, 4.69) is 22.1 Å². The van der Waals surface area contributed by atoms with Gasteiger partial charge >= 0.3 is 5.69 Å². The van der Waals surface area contributed by atoms with Gasteiger partial charge in [0.15, 0.2) is 0 Å². The van der Waals surface area contributed by atoms with Crippen molar-refractivity contribution in [2.45, 2.75) is 31.8 Å². The van der Waals surface area contributed by atoms with E-state index in [9.17, 15) is 10.1 Å².